The van der Waals surface area contributed by atoms with Crippen LogP contribution in [-0.2, 0) is 4.79 Å². The number of piperazine rings is 1. The smallest absolute Gasteiger partial charge is 0.322 e. The summed E-state index contributed by atoms with van der Waals surface area (Å²) in [5.74, 6) is -1.13. The van der Waals surface area contributed by atoms with Crippen LogP contribution in [0.1, 0.15) is 0 Å². The maximum absolute atomic E-state index is 12.9. The SMILES string of the molecule is NCC(C(=O)O)N1CCN(c2ccc(F)cc2)CC1. The van der Waals surface area contributed by atoms with Crippen LogP contribution in [0.5, 0.6) is 0 Å². The molecular weight excluding hydrogens is 249 g/mol. The molecule has 0 amide bonds. The molecule has 2 rings (SSSR count). The minimum Gasteiger partial charge on any atom is -0.480 e. The van der Waals surface area contributed by atoms with E-state index in [1.54, 1.807) is 12.1 Å². The normalized spacial score (nSPS) is 18.3. The first-order valence-electron chi connectivity index (χ1n) is 6.29. The van der Waals surface area contributed by atoms with Gasteiger partial charge in [-0.25, -0.2) is 4.39 Å². The number of carbonyl (C=O) groups is 1. The Labute approximate surface area is 111 Å². The molecule has 1 aromatic rings. The van der Waals surface area contributed by atoms with E-state index in [9.17, 15) is 9.18 Å². The molecule has 0 radical (unpaired) electrons. The molecule has 1 aromatic carbocycles. The van der Waals surface area contributed by atoms with Crippen molar-refractivity contribution in [3.63, 3.8) is 0 Å². The summed E-state index contributed by atoms with van der Waals surface area (Å²) < 4.78 is 12.9. The van der Waals surface area contributed by atoms with E-state index in [4.69, 9.17) is 10.8 Å². The highest BCUT2D eigenvalue weighted by molar-refractivity contribution is 5.73. The molecule has 104 valence electrons. The fourth-order valence-electron chi connectivity index (χ4n) is 2.35. The van der Waals surface area contributed by atoms with Crippen molar-refractivity contribution in [2.45, 2.75) is 6.04 Å². The lowest BCUT2D eigenvalue weighted by Gasteiger charge is -2.38. The number of hydrogen-bond acceptors (Lipinski definition) is 4. The molecular formula is C13H18FN3O2. The third-order valence-electron chi connectivity index (χ3n) is 3.46. The number of aliphatic carboxylic acids is 1. The van der Waals surface area contributed by atoms with Crippen LogP contribution in [0.2, 0.25) is 0 Å². The van der Waals surface area contributed by atoms with E-state index in [0.717, 1.165) is 18.8 Å². The summed E-state index contributed by atoms with van der Waals surface area (Å²) in [6, 6.07) is 5.73. The summed E-state index contributed by atoms with van der Waals surface area (Å²) in [5, 5.41) is 9.06. The van der Waals surface area contributed by atoms with Crippen LogP contribution in [-0.4, -0.2) is 54.7 Å². The highest BCUT2D eigenvalue weighted by atomic mass is 19.1. The molecule has 1 heterocycles. The topological polar surface area (TPSA) is 69.8 Å². The summed E-state index contributed by atoms with van der Waals surface area (Å²) in [7, 11) is 0. The van der Waals surface area contributed by atoms with Crippen LogP contribution in [0.25, 0.3) is 0 Å². The van der Waals surface area contributed by atoms with Crippen molar-refractivity contribution in [2.24, 2.45) is 5.73 Å². The van der Waals surface area contributed by atoms with Crippen molar-refractivity contribution in [3.05, 3.63) is 30.1 Å². The molecule has 5 nitrogen and oxygen atoms in total. The second kappa shape index (κ2) is 5.99. The zero-order valence-corrected chi connectivity index (χ0v) is 10.6. The summed E-state index contributed by atoms with van der Waals surface area (Å²) in [6.07, 6.45) is 0. The van der Waals surface area contributed by atoms with Gasteiger partial charge in [-0.1, -0.05) is 0 Å². The average Bonchev–Trinajstić information content (AvgIpc) is 2.41. The average molecular weight is 267 g/mol. The Hall–Kier alpha value is -1.66. The third-order valence-corrected chi connectivity index (χ3v) is 3.46. The lowest BCUT2D eigenvalue weighted by Crippen LogP contribution is -2.55. The number of benzene rings is 1. The maximum Gasteiger partial charge on any atom is 0.322 e. The minimum absolute atomic E-state index is 0.117. The molecule has 1 atom stereocenters. The second-order valence-electron chi connectivity index (χ2n) is 4.59. The number of nitrogens with zero attached hydrogens (tertiary/aromatic N) is 2. The van der Waals surface area contributed by atoms with E-state index in [1.165, 1.54) is 12.1 Å². The molecule has 1 saturated heterocycles. The van der Waals surface area contributed by atoms with Crippen molar-refractivity contribution in [2.75, 3.05) is 37.6 Å². The number of nitrogens with two attached hydrogens (primary N) is 1. The first-order chi connectivity index (χ1) is 9.11. The van der Waals surface area contributed by atoms with Crippen LogP contribution in [0.3, 0.4) is 0 Å². The zero-order chi connectivity index (χ0) is 13.8. The van der Waals surface area contributed by atoms with Gasteiger partial charge in [-0.2, -0.15) is 0 Å². The first kappa shape index (κ1) is 13.8. The standard InChI is InChI=1S/C13H18FN3O2/c14-10-1-3-11(4-2-10)16-5-7-17(8-6-16)12(9-15)13(18)19/h1-4,12H,5-9,15H2,(H,18,19). The molecule has 19 heavy (non-hydrogen) atoms. The summed E-state index contributed by atoms with van der Waals surface area (Å²) in [5.41, 5.74) is 6.45. The molecule has 0 bridgehead atoms. The Morgan fingerprint density at radius 3 is 2.32 bits per heavy atom. The molecule has 1 aliphatic heterocycles. The Balaban J connectivity index is 1.95. The fraction of sp³-hybridized carbons (Fsp3) is 0.462. The molecule has 1 fully saturated rings. The van der Waals surface area contributed by atoms with Crippen LogP contribution in [0.4, 0.5) is 10.1 Å². The van der Waals surface area contributed by atoms with Crippen molar-refractivity contribution in [3.8, 4) is 0 Å². The van der Waals surface area contributed by atoms with Crippen LogP contribution in [0, 0.1) is 5.82 Å². The first-order valence-corrected chi connectivity index (χ1v) is 6.29. The van der Waals surface area contributed by atoms with Gasteiger partial charge in [0.2, 0.25) is 0 Å². The van der Waals surface area contributed by atoms with E-state index < -0.39 is 12.0 Å². The Morgan fingerprint density at radius 2 is 1.84 bits per heavy atom. The van der Waals surface area contributed by atoms with Gasteiger partial charge in [0.1, 0.15) is 11.9 Å². The van der Waals surface area contributed by atoms with E-state index in [1.807, 2.05) is 4.90 Å². The fourth-order valence-corrected chi connectivity index (χ4v) is 2.35. The number of anilines is 1. The van der Waals surface area contributed by atoms with Crippen molar-refractivity contribution >= 4 is 11.7 Å². The highest BCUT2D eigenvalue weighted by Crippen LogP contribution is 2.17. The lowest BCUT2D eigenvalue weighted by molar-refractivity contribution is -0.143. The molecule has 1 unspecified atom stereocenters. The molecule has 1 aliphatic rings. The quantitative estimate of drug-likeness (QED) is 0.824. The Morgan fingerprint density at radius 1 is 1.26 bits per heavy atom. The predicted octanol–water partition coefficient (Wildman–Crippen LogP) is 0.360. The van der Waals surface area contributed by atoms with E-state index >= 15 is 0 Å². The molecule has 0 saturated carbocycles. The number of carboxylic acids is 1. The number of carboxylic acid groups (broad SMARTS) is 1. The van der Waals surface area contributed by atoms with Gasteiger partial charge in [0, 0.05) is 38.4 Å². The van der Waals surface area contributed by atoms with Crippen molar-refractivity contribution < 1.29 is 14.3 Å². The number of halogens is 1. The van der Waals surface area contributed by atoms with Gasteiger partial charge in [0.25, 0.3) is 0 Å². The highest BCUT2D eigenvalue weighted by Gasteiger charge is 2.27. The third kappa shape index (κ3) is 3.21. The zero-order valence-electron chi connectivity index (χ0n) is 10.6. The summed E-state index contributed by atoms with van der Waals surface area (Å²) in [6.45, 7) is 2.84. The van der Waals surface area contributed by atoms with Gasteiger partial charge in [0.05, 0.1) is 0 Å². The van der Waals surface area contributed by atoms with Crippen LogP contribution in [0.15, 0.2) is 24.3 Å². The minimum atomic E-state index is -0.877. The molecule has 0 spiro atoms. The van der Waals surface area contributed by atoms with Gasteiger partial charge in [-0.3, -0.25) is 9.69 Å². The maximum atomic E-state index is 12.9. The van der Waals surface area contributed by atoms with Gasteiger partial charge < -0.3 is 15.7 Å². The largest absolute Gasteiger partial charge is 0.480 e. The van der Waals surface area contributed by atoms with Gasteiger partial charge in [-0.05, 0) is 24.3 Å². The van der Waals surface area contributed by atoms with Crippen molar-refractivity contribution in [1.82, 2.24) is 4.90 Å². The molecule has 0 aliphatic carbocycles. The predicted molar refractivity (Wildman–Crippen MR) is 70.7 cm³/mol. The van der Waals surface area contributed by atoms with E-state index in [2.05, 4.69) is 4.90 Å². The molecule has 0 aromatic heterocycles. The monoisotopic (exact) mass is 267 g/mol. The van der Waals surface area contributed by atoms with E-state index in [0.29, 0.717) is 13.1 Å². The van der Waals surface area contributed by atoms with Gasteiger partial charge >= 0.3 is 5.97 Å². The lowest BCUT2D eigenvalue weighted by atomic mass is 10.2. The summed E-state index contributed by atoms with van der Waals surface area (Å²) >= 11 is 0. The van der Waals surface area contributed by atoms with Crippen LogP contribution >= 0.6 is 0 Å². The Kier molecular flexibility index (Phi) is 4.34. The van der Waals surface area contributed by atoms with Crippen LogP contribution < -0.4 is 10.6 Å². The molecule has 6 heteroatoms. The van der Waals surface area contributed by atoms with E-state index in [-0.39, 0.29) is 12.4 Å². The summed E-state index contributed by atoms with van der Waals surface area (Å²) in [4.78, 5) is 15.0. The van der Waals surface area contributed by atoms with Crippen molar-refractivity contribution in [1.29, 1.82) is 0 Å². The number of rotatable bonds is 4. The van der Waals surface area contributed by atoms with Gasteiger partial charge in [0.15, 0.2) is 0 Å². The molecule has 3 N–H and O–H groups in total. The number of hydrogen-bond donors (Lipinski definition) is 2. The second-order valence-corrected chi connectivity index (χ2v) is 4.59. The van der Waals surface area contributed by atoms with Gasteiger partial charge in [-0.15, -0.1) is 0 Å². The Bertz CT molecular complexity index is 430.